The zero-order chi connectivity index (χ0) is 13.0. The monoisotopic (exact) mass is 265 g/mol. The topological polar surface area (TPSA) is 46.9 Å². The Morgan fingerprint density at radius 2 is 2.33 bits per heavy atom. The quantitative estimate of drug-likeness (QED) is 0.814. The van der Waals surface area contributed by atoms with Gasteiger partial charge in [-0.15, -0.1) is 11.3 Å². The van der Waals surface area contributed by atoms with Crippen LogP contribution in [0.4, 0.5) is 0 Å². The molecule has 0 aliphatic heterocycles. The molecule has 0 aliphatic rings. The van der Waals surface area contributed by atoms with Crippen LogP contribution in [-0.4, -0.2) is 22.6 Å². The van der Waals surface area contributed by atoms with Gasteiger partial charge in [-0.25, -0.2) is 4.98 Å². The van der Waals surface area contributed by atoms with Crippen LogP contribution < -0.4 is 10.9 Å². The summed E-state index contributed by atoms with van der Waals surface area (Å²) in [5.41, 5.74) is 0.887. The number of rotatable bonds is 6. The van der Waals surface area contributed by atoms with Crippen LogP contribution >= 0.6 is 11.3 Å². The van der Waals surface area contributed by atoms with E-state index in [0.29, 0.717) is 5.92 Å². The fourth-order valence-electron chi connectivity index (χ4n) is 1.80. The van der Waals surface area contributed by atoms with Gasteiger partial charge in [-0.2, -0.15) is 0 Å². The molecule has 5 heteroatoms. The third kappa shape index (κ3) is 3.17. The molecule has 1 N–H and O–H groups in total. The van der Waals surface area contributed by atoms with E-state index in [1.54, 1.807) is 10.9 Å². The first kappa shape index (κ1) is 13.2. The largest absolute Gasteiger partial charge is 0.316 e. The maximum atomic E-state index is 12.1. The van der Waals surface area contributed by atoms with E-state index in [1.165, 1.54) is 11.3 Å². The number of thiophene rings is 1. The van der Waals surface area contributed by atoms with Gasteiger partial charge in [0.1, 0.15) is 4.70 Å². The second-order valence-corrected chi connectivity index (χ2v) is 5.75. The van der Waals surface area contributed by atoms with Gasteiger partial charge in [0.2, 0.25) is 0 Å². The SMILES string of the molecule is CC(C)CNCCCn1cnc2ccsc2c1=O. The predicted octanol–water partition coefficient (Wildman–Crippen LogP) is 2.09. The highest BCUT2D eigenvalue weighted by molar-refractivity contribution is 7.17. The molecule has 18 heavy (non-hydrogen) atoms. The van der Waals surface area contributed by atoms with Gasteiger partial charge in [-0.3, -0.25) is 9.36 Å². The predicted molar refractivity (Wildman–Crippen MR) is 76.2 cm³/mol. The third-order valence-electron chi connectivity index (χ3n) is 2.74. The van der Waals surface area contributed by atoms with Crippen molar-refractivity contribution < 1.29 is 0 Å². The highest BCUT2D eigenvalue weighted by atomic mass is 32.1. The maximum Gasteiger partial charge on any atom is 0.271 e. The number of fused-ring (bicyclic) bond motifs is 1. The lowest BCUT2D eigenvalue weighted by Gasteiger charge is -2.08. The van der Waals surface area contributed by atoms with Crippen molar-refractivity contribution >= 4 is 21.6 Å². The highest BCUT2D eigenvalue weighted by Crippen LogP contribution is 2.13. The summed E-state index contributed by atoms with van der Waals surface area (Å²) in [5.74, 6) is 0.664. The van der Waals surface area contributed by atoms with Crippen molar-refractivity contribution in [3.8, 4) is 0 Å². The summed E-state index contributed by atoms with van der Waals surface area (Å²) < 4.78 is 2.46. The fourth-order valence-corrected chi connectivity index (χ4v) is 2.60. The Labute approximate surface area is 111 Å². The molecule has 0 saturated carbocycles. The van der Waals surface area contributed by atoms with Crippen molar-refractivity contribution in [3.63, 3.8) is 0 Å². The second kappa shape index (κ2) is 6.11. The van der Waals surface area contributed by atoms with E-state index in [9.17, 15) is 4.79 Å². The minimum Gasteiger partial charge on any atom is -0.316 e. The molecule has 0 aliphatic carbocycles. The molecule has 2 aromatic heterocycles. The normalized spacial score (nSPS) is 11.5. The lowest BCUT2D eigenvalue weighted by atomic mass is 10.2. The molecule has 2 heterocycles. The minimum atomic E-state index is 0.0823. The Balaban J connectivity index is 1.91. The van der Waals surface area contributed by atoms with Gasteiger partial charge in [0.15, 0.2) is 0 Å². The van der Waals surface area contributed by atoms with Gasteiger partial charge in [0, 0.05) is 6.54 Å². The van der Waals surface area contributed by atoms with E-state index in [-0.39, 0.29) is 5.56 Å². The molecule has 0 aromatic carbocycles. The van der Waals surface area contributed by atoms with Crippen LogP contribution in [0.5, 0.6) is 0 Å². The van der Waals surface area contributed by atoms with Gasteiger partial charge >= 0.3 is 0 Å². The molecule has 0 fully saturated rings. The lowest BCUT2D eigenvalue weighted by molar-refractivity contribution is 0.517. The average Bonchev–Trinajstić information content (AvgIpc) is 2.80. The molecule has 0 atom stereocenters. The first-order valence-electron chi connectivity index (χ1n) is 6.32. The van der Waals surface area contributed by atoms with Crippen molar-refractivity contribution in [2.75, 3.05) is 13.1 Å². The Hall–Kier alpha value is -1.20. The summed E-state index contributed by atoms with van der Waals surface area (Å²) in [5, 5.41) is 5.28. The molecule has 0 unspecified atom stereocenters. The van der Waals surface area contributed by atoms with Gasteiger partial charge in [0.25, 0.3) is 5.56 Å². The standard InChI is InChI=1S/C13H19N3OS/c1-10(2)8-14-5-3-6-16-9-15-11-4-7-18-12(11)13(16)17/h4,7,9-10,14H,3,5-6,8H2,1-2H3. The molecular weight excluding hydrogens is 246 g/mol. The zero-order valence-electron chi connectivity index (χ0n) is 10.8. The van der Waals surface area contributed by atoms with E-state index in [4.69, 9.17) is 0 Å². The van der Waals surface area contributed by atoms with E-state index < -0.39 is 0 Å². The van der Waals surface area contributed by atoms with Crippen molar-refractivity contribution in [3.05, 3.63) is 28.1 Å². The van der Waals surface area contributed by atoms with Crippen LogP contribution in [0.15, 0.2) is 22.6 Å². The van der Waals surface area contributed by atoms with E-state index in [2.05, 4.69) is 24.1 Å². The first-order chi connectivity index (χ1) is 8.68. The van der Waals surface area contributed by atoms with E-state index in [0.717, 1.165) is 36.3 Å². The summed E-state index contributed by atoms with van der Waals surface area (Å²) in [4.78, 5) is 16.4. The molecule has 2 aromatic rings. The first-order valence-corrected chi connectivity index (χ1v) is 7.20. The number of aromatic nitrogens is 2. The van der Waals surface area contributed by atoms with Crippen LogP contribution in [0.1, 0.15) is 20.3 Å². The molecule has 2 rings (SSSR count). The fraction of sp³-hybridized carbons (Fsp3) is 0.538. The van der Waals surface area contributed by atoms with Gasteiger partial charge < -0.3 is 5.32 Å². The average molecular weight is 265 g/mol. The molecular formula is C13H19N3OS. The number of hydrogen-bond donors (Lipinski definition) is 1. The minimum absolute atomic E-state index is 0.0823. The van der Waals surface area contributed by atoms with Crippen LogP contribution in [0.25, 0.3) is 10.2 Å². The Morgan fingerprint density at radius 3 is 3.11 bits per heavy atom. The highest BCUT2D eigenvalue weighted by Gasteiger charge is 2.04. The van der Waals surface area contributed by atoms with Crippen LogP contribution in [0.2, 0.25) is 0 Å². The van der Waals surface area contributed by atoms with Gasteiger partial charge in [-0.1, -0.05) is 13.8 Å². The zero-order valence-corrected chi connectivity index (χ0v) is 11.7. The summed E-state index contributed by atoms with van der Waals surface area (Å²) in [6, 6.07) is 1.88. The number of aryl methyl sites for hydroxylation is 1. The third-order valence-corrected chi connectivity index (χ3v) is 3.63. The van der Waals surface area contributed by atoms with Gasteiger partial charge in [-0.05, 0) is 36.9 Å². The Kier molecular flexibility index (Phi) is 4.49. The van der Waals surface area contributed by atoms with Crippen molar-refractivity contribution in [1.82, 2.24) is 14.9 Å². The molecule has 4 nitrogen and oxygen atoms in total. The smallest absolute Gasteiger partial charge is 0.271 e. The van der Waals surface area contributed by atoms with Crippen molar-refractivity contribution in [2.45, 2.75) is 26.8 Å². The number of nitrogens with zero attached hydrogens (tertiary/aromatic N) is 2. The number of hydrogen-bond acceptors (Lipinski definition) is 4. The van der Waals surface area contributed by atoms with Crippen molar-refractivity contribution in [2.24, 2.45) is 5.92 Å². The van der Waals surface area contributed by atoms with Crippen LogP contribution in [0.3, 0.4) is 0 Å². The Bertz CT molecular complexity index is 559. The summed E-state index contributed by atoms with van der Waals surface area (Å²) >= 11 is 1.46. The molecule has 0 amide bonds. The lowest BCUT2D eigenvalue weighted by Crippen LogP contribution is -2.25. The molecule has 0 saturated heterocycles. The van der Waals surface area contributed by atoms with Crippen LogP contribution in [0, 0.1) is 5.92 Å². The number of nitrogens with one attached hydrogen (secondary N) is 1. The van der Waals surface area contributed by atoms with E-state index >= 15 is 0 Å². The van der Waals surface area contributed by atoms with Crippen molar-refractivity contribution in [1.29, 1.82) is 0 Å². The molecule has 98 valence electrons. The Morgan fingerprint density at radius 1 is 1.50 bits per heavy atom. The van der Waals surface area contributed by atoms with E-state index in [1.807, 2.05) is 11.4 Å². The molecule has 0 bridgehead atoms. The summed E-state index contributed by atoms with van der Waals surface area (Å²) in [6.45, 7) is 7.06. The summed E-state index contributed by atoms with van der Waals surface area (Å²) in [7, 11) is 0. The molecule has 0 spiro atoms. The second-order valence-electron chi connectivity index (χ2n) is 4.83. The van der Waals surface area contributed by atoms with Crippen LogP contribution in [-0.2, 0) is 6.54 Å². The van der Waals surface area contributed by atoms with Gasteiger partial charge in [0.05, 0.1) is 11.8 Å². The summed E-state index contributed by atoms with van der Waals surface area (Å²) in [6.07, 6.45) is 2.60. The maximum absolute atomic E-state index is 12.1. The molecule has 0 radical (unpaired) electrons.